The Morgan fingerprint density at radius 1 is 1.09 bits per heavy atom. The van der Waals surface area contributed by atoms with Gasteiger partial charge in [-0.2, -0.15) is 0 Å². The molecule has 2 N–H and O–H groups in total. The molecule has 33 heavy (non-hydrogen) atoms. The lowest BCUT2D eigenvalue weighted by molar-refractivity contribution is -0.275. The summed E-state index contributed by atoms with van der Waals surface area (Å²) in [5.41, 5.74) is 0. The topological polar surface area (TPSA) is 96.5 Å². The van der Waals surface area contributed by atoms with Crippen LogP contribution in [0.4, 0.5) is 24.8 Å². The van der Waals surface area contributed by atoms with E-state index >= 15 is 0 Å². The Labute approximate surface area is 199 Å². The standard InChI is InChI=1S/C20H25BrF3N5O3S/c1-12-25-18(11-19(26-12)29(2)3)27-14-5-7-15(8-6-14)28-33(30,31)17-9-4-13(21)10-16(17)32-20(22,23)24/h4,9-11,14-15,28H,5-8H2,1-3H3,(H,25,26,27). The zero-order valence-corrected chi connectivity index (χ0v) is 20.7. The second kappa shape index (κ2) is 10.0. The van der Waals surface area contributed by atoms with Gasteiger partial charge in [-0.05, 0) is 50.8 Å². The minimum absolute atomic E-state index is 0.0897. The molecule has 8 nitrogen and oxygen atoms in total. The minimum atomic E-state index is -5.01. The number of ether oxygens (including phenoxy) is 1. The van der Waals surface area contributed by atoms with Gasteiger partial charge in [-0.1, -0.05) is 15.9 Å². The summed E-state index contributed by atoms with van der Waals surface area (Å²) in [7, 11) is -0.442. The average Bonchev–Trinajstić information content (AvgIpc) is 2.67. The van der Waals surface area contributed by atoms with E-state index in [0.717, 1.165) is 18.0 Å². The molecule has 1 aromatic carbocycles. The maximum Gasteiger partial charge on any atom is 0.573 e. The highest BCUT2D eigenvalue weighted by Gasteiger charge is 2.35. The fourth-order valence-electron chi connectivity index (χ4n) is 3.61. The van der Waals surface area contributed by atoms with Crippen LogP contribution in [0.5, 0.6) is 5.75 Å². The monoisotopic (exact) mass is 551 g/mol. The molecule has 0 bridgehead atoms. The maximum absolute atomic E-state index is 12.8. The number of rotatable bonds is 7. The summed E-state index contributed by atoms with van der Waals surface area (Å²) in [5, 5.41) is 3.37. The number of benzene rings is 1. The predicted octanol–water partition coefficient (Wildman–Crippen LogP) is 4.21. The van der Waals surface area contributed by atoms with Crippen molar-refractivity contribution in [3.8, 4) is 5.75 Å². The zero-order chi connectivity index (χ0) is 24.4. The van der Waals surface area contributed by atoms with Crippen LogP contribution in [0.2, 0.25) is 0 Å². The molecule has 0 amide bonds. The highest BCUT2D eigenvalue weighted by atomic mass is 79.9. The third-order valence-electron chi connectivity index (χ3n) is 5.10. The van der Waals surface area contributed by atoms with Gasteiger partial charge < -0.3 is 15.0 Å². The van der Waals surface area contributed by atoms with Gasteiger partial charge in [0.25, 0.3) is 0 Å². The van der Waals surface area contributed by atoms with Gasteiger partial charge >= 0.3 is 6.36 Å². The Hall–Kier alpha value is -2.12. The van der Waals surface area contributed by atoms with Crippen molar-refractivity contribution in [3.05, 3.63) is 34.6 Å². The summed E-state index contributed by atoms with van der Waals surface area (Å²) >= 11 is 3.04. The van der Waals surface area contributed by atoms with Gasteiger partial charge in [-0.25, -0.2) is 23.1 Å². The Morgan fingerprint density at radius 2 is 1.73 bits per heavy atom. The summed E-state index contributed by atoms with van der Waals surface area (Å²) in [6.07, 6.45) is -2.64. The van der Waals surface area contributed by atoms with Crippen molar-refractivity contribution >= 4 is 37.6 Å². The van der Waals surface area contributed by atoms with Gasteiger partial charge in [0.2, 0.25) is 10.0 Å². The van der Waals surface area contributed by atoms with Crippen LogP contribution in [0.3, 0.4) is 0 Å². The van der Waals surface area contributed by atoms with E-state index in [1.807, 2.05) is 32.0 Å². The van der Waals surface area contributed by atoms with E-state index in [1.165, 1.54) is 6.07 Å². The van der Waals surface area contributed by atoms with E-state index in [1.54, 1.807) is 0 Å². The second-order valence-electron chi connectivity index (χ2n) is 8.01. The second-order valence-corrected chi connectivity index (χ2v) is 10.6. The number of aryl methyl sites for hydroxylation is 1. The molecule has 1 heterocycles. The van der Waals surface area contributed by atoms with E-state index < -0.39 is 33.1 Å². The van der Waals surface area contributed by atoms with Gasteiger partial charge in [0.1, 0.15) is 22.4 Å². The lowest BCUT2D eigenvalue weighted by Crippen LogP contribution is -2.40. The van der Waals surface area contributed by atoms with Crippen LogP contribution >= 0.6 is 15.9 Å². The Kier molecular flexibility index (Phi) is 7.74. The fourth-order valence-corrected chi connectivity index (χ4v) is 5.37. The number of aromatic nitrogens is 2. The molecule has 1 saturated carbocycles. The Bertz CT molecular complexity index is 1090. The van der Waals surface area contributed by atoms with Crippen LogP contribution < -0.4 is 19.7 Å². The molecule has 13 heteroatoms. The smallest absolute Gasteiger partial charge is 0.404 e. The minimum Gasteiger partial charge on any atom is -0.404 e. The average molecular weight is 552 g/mol. The molecular formula is C20H25BrF3N5O3S. The number of halogens is 4. The third kappa shape index (κ3) is 7.18. The van der Waals surface area contributed by atoms with Gasteiger partial charge in [0, 0.05) is 36.7 Å². The predicted molar refractivity (Wildman–Crippen MR) is 122 cm³/mol. The first-order chi connectivity index (χ1) is 15.3. The van der Waals surface area contributed by atoms with Crippen LogP contribution in [-0.2, 0) is 10.0 Å². The molecule has 1 aliphatic carbocycles. The molecule has 0 radical (unpaired) electrons. The normalized spacial score (nSPS) is 19.2. The summed E-state index contributed by atoms with van der Waals surface area (Å²) in [6, 6.07) is 4.95. The highest BCUT2D eigenvalue weighted by Crippen LogP contribution is 2.33. The maximum atomic E-state index is 12.8. The van der Waals surface area contributed by atoms with Crippen LogP contribution in [0, 0.1) is 6.92 Å². The summed E-state index contributed by atoms with van der Waals surface area (Å²) < 4.78 is 70.6. The van der Waals surface area contributed by atoms with Crippen LogP contribution in [0.25, 0.3) is 0 Å². The molecular weight excluding hydrogens is 527 g/mol. The molecule has 0 unspecified atom stereocenters. The molecule has 182 valence electrons. The Balaban J connectivity index is 1.64. The summed E-state index contributed by atoms with van der Waals surface area (Å²) in [5.74, 6) is 1.32. The first kappa shape index (κ1) is 25.5. The van der Waals surface area contributed by atoms with Gasteiger partial charge in [0.05, 0.1) is 0 Å². The van der Waals surface area contributed by atoms with Crippen LogP contribution in [0.1, 0.15) is 31.5 Å². The van der Waals surface area contributed by atoms with Crippen molar-refractivity contribution < 1.29 is 26.3 Å². The Morgan fingerprint density at radius 3 is 2.33 bits per heavy atom. The summed E-state index contributed by atoms with van der Waals surface area (Å²) in [4.78, 5) is 10.1. The number of sulfonamides is 1. The van der Waals surface area contributed by atoms with Crippen molar-refractivity contribution in [1.29, 1.82) is 0 Å². The fraction of sp³-hybridized carbons (Fsp3) is 0.500. The first-order valence-corrected chi connectivity index (χ1v) is 12.5. The van der Waals surface area contributed by atoms with Crippen LogP contribution in [-0.4, -0.2) is 50.9 Å². The molecule has 0 spiro atoms. The number of nitrogens with zero attached hydrogens (tertiary/aromatic N) is 3. The van der Waals surface area contributed by atoms with E-state index in [0.29, 0.717) is 37.3 Å². The molecule has 3 rings (SSSR count). The molecule has 0 saturated heterocycles. The van der Waals surface area contributed by atoms with Gasteiger partial charge in [0.15, 0.2) is 5.75 Å². The van der Waals surface area contributed by atoms with E-state index in [4.69, 9.17) is 0 Å². The van der Waals surface area contributed by atoms with Gasteiger partial charge in [-0.15, -0.1) is 13.2 Å². The van der Waals surface area contributed by atoms with Crippen molar-refractivity contribution in [2.45, 2.75) is 55.9 Å². The first-order valence-electron chi connectivity index (χ1n) is 10.2. The van der Waals surface area contributed by atoms with Crippen molar-refractivity contribution in [2.75, 3.05) is 24.3 Å². The highest BCUT2D eigenvalue weighted by molar-refractivity contribution is 9.10. The summed E-state index contributed by atoms with van der Waals surface area (Å²) in [6.45, 7) is 1.81. The largest absolute Gasteiger partial charge is 0.573 e. The van der Waals surface area contributed by atoms with E-state index in [9.17, 15) is 21.6 Å². The van der Waals surface area contributed by atoms with Gasteiger partial charge in [-0.3, -0.25) is 0 Å². The van der Waals surface area contributed by atoms with Crippen LogP contribution in [0.15, 0.2) is 33.6 Å². The van der Waals surface area contributed by atoms with Crippen molar-refractivity contribution in [1.82, 2.24) is 14.7 Å². The zero-order valence-electron chi connectivity index (χ0n) is 18.3. The number of hydrogen-bond acceptors (Lipinski definition) is 7. The number of alkyl halides is 3. The molecule has 0 aliphatic heterocycles. The number of hydrogen-bond donors (Lipinski definition) is 2. The molecule has 1 aromatic heterocycles. The third-order valence-corrected chi connectivity index (χ3v) is 7.16. The van der Waals surface area contributed by atoms with E-state index in [-0.39, 0.29) is 10.5 Å². The van der Waals surface area contributed by atoms with Crippen molar-refractivity contribution in [2.24, 2.45) is 0 Å². The quantitative estimate of drug-likeness (QED) is 0.531. The molecule has 1 fully saturated rings. The SMILES string of the molecule is Cc1nc(NC2CCC(NS(=O)(=O)c3ccc(Br)cc3OC(F)(F)F)CC2)cc(N(C)C)n1. The molecule has 1 aliphatic rings. The number of anilines is 2. The number of nitrogens with one attached hydrogen (secondary N) is 2. The lowest BCUT2D eigenvalue weighted by Gasteiger charge is -2.30. The molecule has 2 aromatic rings. The van der Waals surface area contributed by atoms with E-state index in [2.05, 4.69) is 40.7 Å². The van der Waals surface area contributed by atoms with Crippen molar-refractivity contribution in [3.63, 3.8) is 0 Å². The lowest BCUT2D eigenvalue weighted by atomic mass is 9.92. The molecule has 0 atom stereocenters.